The average molecular weight is 1170 g/mol. The minimum Gasteiger partial charge on any atom is -0.458 e. The zero-order valence-corrected chi connectivity index (χ0v) is 50.4. The van der Waals surface area contributed by atoms with Gasteiger partial charge in [-0.3, -0.25) is 0 Å². The van der Waals surface area contributed by atoms with Gasteiger partial charge in [-0.15, -0.1) is 22.7 Å². The molecule has 424 valence electrons. The van der Waals surface area contributed by atoms with Crippen molar-refractivity contribution in [1.82, 2.24) is 0 Å². The zero-order chi connectivity index (χ0) is 55.7. The largest absolute Gasteiger partial charge is 0.458 e. The molecule has 27 rings (SSSR count). The fraction of sp³-hybridized carbons (Fsp3) is 0.395. The Kier molecular flexibility index (Phi) is 8.67. The van der Waals surface area contributed by atoms with Gasteiger partial charge in [0.05, 0.1) is 0 Å². The molecule has 0 amide bonds. The lowest BCUT2D eigenvalue weighted by molar-refractivity contribution is -0.00542. The van der Waals surface area contributed by atoms with Crippen molar-refractivity contribution in [2.45, 2.75) is 132 Å². The number of ether oxygens (including phenoxy) is 6. The van der Waals surface area contributed by atoms with Crippen LogP contribution in [0.5, 0.6) is 69.0 Å². The number of thiophene rings is 2. The molecule has 0 unspecified atom stereocenters. The maximum Gasteiger partial charge on any atom is 0.273 e. The highest BCUT2D eigenvalue weighted by molar-refractivity contribution is 7.33. The van der Waals surface area contributed by atoms with E-state index in [9.17, 15) is 0 Å². The van der Waals surface area contributed by atoms with Crippen LogP contribution in [0, 0.1) is 53.3 Å². The highest BCUT2D eigenvalue weighted by atomic mass is 32.1. The molecule has 9 aromatic rings. The van der Waals surface area contributed by atoms with E-state index in [0.717, 1.165) is 139 Å². The molecule has 6 nitrogen and oxygen atoms in total. The van der Waals surface area contributed by atoms with Crippen molar-refractivity contribution in [3.63, 3.8) is 0 Å². The first-order valence-corrected chi connectivity index (χ1v) is 35.4. The van der Waals surface area contributed by atoms with Crippen LogP contribution in [-0.4, -0.2) is 20.1 Å². The van der Waals surface area contributed by atoms with Crippen molar-refractivity contribution in [3.8, 4) is 69.0 Å². The van der Waals surface area contributed by atoms with Crippen LogP contribution in [0.25, 0.3) is 20.2 Å². The van der Waals surface area contributed by atoms with Gasteiger partial charge in [-0.2, -0.15) is 0 Å². The predicted octanol–water partition coefficient (Wildman–Crippen LogP) is 13.7. The van der Waals surface area contributed by atoms with Gasteiger partial charge < -0.3 is 28.4 Å². The molecule has 0 atom stereocenters. The molecular formula is C76H63B3O6S2. The quantitative estimate of drug-likeness (QED) is 0.164. The lowest BCUT2D eigenvalue weighted by Gasteiger charge is -2.57. The molecular weight excluding hydrogens is 1110 g/mol. The maximum absolute atomic E-state index is 7.59. The van der Waals surface area contributed by atoms with E-state index in [4.69, 9.17) is 28.4 Å². The van der Waals surface area contributed by atoms with E-state index in [1.54, 1.807) is 0 Å². The normalized spacial score (nSPS) is 32.7. The van der Waals surface area contributed by atoms with E-state index in [1.165, 1.54) is 184 Å². The average Bonchev–Trinajstić information content (AvgIpc) is 2.57. The van der Waals surface area contributed by atoms with Gasteiger partial charge in [-0.25, -0.2) is 0 Å². The van der Waals surface area contributed by atoms with Gasteiger partial charge in [0.1, 0.15) is 69.0 Å². The lowest BCUT2D eigenvalue weighted by Crippen LogP contribution is -2.63. The smallest absolute Gasteiger partial charge is 0.273 e. The van der Waals surface area contributed by atoms with Crippen LogP contribution in [0.1, 0.15) is 132 Å². The second-order valence-corrected chi connectivity index (χ2v) is 33.8. The van der Waals surface area contributed by atoms with Crippen molar-refractivity contribution in [3.05, 3.63) is 126 Å². The van der Waals surface area contributed by atoms with Gasteiger partial charge >= 0.3 is 0 Å². The van der Waals surface area contributed by atoms with Gasteiger partial charge in [-0.05, 0) is 284 Å². The molecule has 6 aliphatic heterocycles. The third-order valence-electron chi connectivity index (χ3n) is 26.6. The summed E-state index contributed by atoms with van der Waals surface area (Å²) < 4.78 is 50.0. The topological polar surface area (TPSA) is 55.4 Å². The Bertz CT molecular complexity index is 4350. The van der Waals surface area contributed by atoms with Gasteiger partial charge in [0.25, 0.3) is 20.1 Å². The fourth-order valence-corrected chi connectivity index (χ4v) is 27.1. The van der Waals surface area contributed by atoms with Crippen LogP contribution >= 0.6 is 22.7 Å². The van der Waals surface area contributed by atoms with Crippen molar-refractivity contribution < 1.29 is 28.4 Å². The Labute approximate surface area is 515 Å². The van der Waals surface area contributed by atoms with Gasteiger partial charge in [0.15, 0.2) is 0 Å². The molecule has 18 aliphatic rings. The second-order valence-electron chi connectivity index (χ2n) is 31.6. The number of rotatable bonds is 3. The van der Waals surface area contributed by atoms with Crippen molar-refractivity contribution >= 4 is 111 Å². The van der Waals surface area contributed by atoms with Crippen LogP contribution in [0.4, 0.5) is 0 Å². The van der Waals surface area contributed by atoms with Crippen LogP contribution in [-0.2, 0) is 16.2 Å². The standard InChI is InChI=1S/C76H63B3O6S2/c1-3-7-65-49(5-1)70-72(86-65)78-53-24-51-55(26-57(53)82-61-20-47(22-63(84-70)68(61)78)75-31-40-12-41(32-75)14-42(13-40)33-75)80-59-18-46(74-28-37-9-38(29-74)11-39(10-37)30-74)19-60-67(59)77(51)52-25-54-58(27-56(52)81-60)83-62-21-48(76-34-43-15-44(35-76)17-45(16-43)36-76)23-64-69(62)79(54)73-71(85-64)50-6-2-4-8-66(50)87-73/h1-8,18-27,37-45H,9-17,28-36H2. The van der Waals surface area contributed by atoms with E-state index in [2.05, 4.69) is 109 Å². The Morgan fingerprint density at radius 2 is 0.575 bits per heavy atom. The molecule has 7 aromatic carbocycles. The SMILES string of the molecule is c1ccc2c3c(sc2c1)B1c2cc4c(cc2Oc2cc(C56CC7CC(CC(C7)C5)C6)cc(c21)O3)Oc1cc(C23CC5CC(CC(C5)C2)C3)cc2c1B4c1cc3c(cc1O2)Oc1cc(C24CC5CC(CC(C5)C2)C4)cc2c1B3c1sc3ccccc3c1O2. The van der Waals surface area contributed by atoms with Crippen molar-refractivity contribution in [2.24, 2.45) is 53.3 Å². The zero-order valence-electron chi connectivity index (χ0n) is 48.8. The lowest BCUT2D eigenvalue weighted by atomic mass is 9.31. The van der Waals surface area contributed by atoms with Crippen molar-refractivity contribution in [1.29, 1.82) is 0 Å². The maximum atomic E-state index is 7.59. The molecule has 0 spiro atoms. The predicted molar refractivity (Wildman–Crippen MR) is 350 cm³/mol. The molecule has 12 fully saturated rings. The van der Waals surface area contributed by atoms with E-state index in [0.29, 0.717) is 0 Å². The number of hydrogen-bond donors (Lipinski definition) is 0. The Balaban J connectivity index is 0.714. The summed E-state index contributed by atoms with van der Waals surface area (Å²) >= 11 is 3.78. The second kappa shape index (κ2) is 15.9. The minimum atomic E-state index is -0.175. The number of hydrogen-bond acceptors (Lipinski definition) is 8. The van der Waals surface area contributed by atoms with Gasteiger partial charge in [-0.1, -0.05) is 36.4 Å². The summed E-state index contributed by atoms with van der Waals surface area (Å²) in [5.74, 6) is 18.8. The summed E-state index contributed by atoms with van der Waals surface area (Å²) in [7, 11) is 0. The molecule has 12 aliphatic carbocycles. The van der Waals surface area contributed by atoms with E-state index >= 15 is 0 Å². The van der Waals surface area contributed by atoms with E-state index in [1.807, 2.05) is 22.7 Å². The van der Waals surface area contributed by atoms with E-state index in [-0.39, 0.29) is 36.4 Å². The Hall–Kier alpha value is -6.55. The summed E-state index contributed by atoms with van der Waals surface area (Å²) in [6.07, 6.45) is 24.2. The van der Waals surface area contributed by atoms with Gasteiger partial charge in [0, 0.05) is 58.2 Å². The molecule has 12 saturated carbocycles. The first kappa shape index (κ1) is 47.5. The van der Waals surface area contributed by atoms with E-state index < -0.39 is 0 Å². The molecule has 0 saturated heterocycles. The third-order valence-corrected chi connectivity index (χ3v) is 29.1. The van der Waals surface area contributed by atoms with Crippen LogP contribution < -0.4 is 76.2 Å². The summed E-state index contributed by atoms with van der Waals surface area (Å²) in [4.78, 5) is 0. The first-order chi connectivity index (χ1) is 42.7. The molecule has 12 bridgehead atoms. The third kappa shape index (κ3) is 6.15. The summed E-state index contributed by atoms with van der Waals surface area (Å²) in [6.45, 7) is -0.318. The van der Waals surface area contributed by atoms with Gasteiger partial charge in [0.2, 0.25) is 0 Å². The molecule has 2 aromatic heterocycles. The Morgan fingerprint density at radius 1 is 0.299 bits per heavy atom. The van der Waals surface area contributed by atoms with Crippen LogP contribution in [0.3, 0.4) is 0 Å². The molecule has 0 N–H and O–H groups in total. The summed E-state index contributed by atoms with van der Waals surface area (Å²) in [5.41, 5.74) is 13.0. The molecule has 87 heavy (non-hydrogen) atoms. The Morgan fingerprint density at radius 3 is 0.897 bits per heavy atom. The highest BCUT2D eigenvalue weighted by Crippen LogP contribution is 2.65. The summed E-state index contributed by atoms with van der Waals surface area (Å²) in [5, 5.41) is 2.39. The monoisotopic (exact) mass is 1170 g/mol. The van der Waals surface area contributed by atoms with Crippen LogP contribution in [0.2, 0.25) is 0 Å². The molecule has 11 heteroatoms. The van der Waals surface area contributed by atoms with Crippen LogP contribution in [0.15, 0.2) is 109 Å². The minimum absolute atomic E-state index is 0.0713. The molecule has 0 radical (unpaired) electrons. The highest BCUT2D eigenvalue weighted by Gasteiger charge is 2.58. The summed E-state index contributed by atoms with van der Waals surface area (Å²) in [6, 6.07) is 42.3. The molecule has 8 heterocycles. The number of fused-ring (bicyclic) bond motifs is 16. The fourth-order valence-electron chi connectivity index (χ4n) is 24.6. The number of benzene rings is 7. The van der Waals surface area contributed by atoms with Crippen molar-refractivity contribution in [2.75, 3.05) is 0 Å². The first-order valence-electron chi connectivity index (χ1n) is 33.7.